The molecular formula is C9H17NO4S. The van der Waals surface area contributed by atoms with Gasteiger partial charge in [0.15, 0.2) is 0 Å². The molecule has 0 aromatic rings. The van der Waals surface area contributed by atoms with E-state index in [4.69, 9.17) is 5.11 Å². The van der Waals surface area contributed by atoms with Crippen LogP contribution in [0, 0.1) is 5.92 Å². The molecule has 6 heteroatoms. The fourth-order valence-electron chi connectivity index (χ4n) is 1.25. The Labute approximate surface area is 89.9 Å². The van der Waals surface area contributed by atoms with Crippen molar-refractivity contribution >= 4 is 16.0 Å². The molecule has 15 heavy (non-hydrogen) atoms. The summed E-state index contributed by atoms with van der Waals surface area (Å²) >= 11 is 0. The molecule has 0 aromatic heterocycles. The summed E-state index contributed by atoms with van der Waals surface area (Å²) in [6.45, 7) is 3.04. The second-order valence-corrected chi connectivity index (χ2v) is 6.08. The third-order valence-electron chi connectivity index (χ3n) is 2.71. The third kappa shape index (κ3) is 3.46. The van der Waals surface area contributed by atoms with Crippen molar-refractivity contribution in [2.75, 3.05) is 5.75 Å². The maximum atomic E-state index is 11.6. The van der Waals surface area contributed by atoms with E-state index in [9.17, 15) is 13.2 Å². The van der Waals surface area contributed by atoms with Gasteiger partial charge in [-0.3, -0.25) is 4.79 Å². The molecule has 0 amide bonds. The molecule has 5 nitrogen and oxygen atoms in total. The molecule has 1 atom stereocenters. The van der Waals surface area contributed by atoms with Crippen LogP contribution < -0.4 is 4.72 Å². The lowest BCUT2D eigenvalue weighted by Gasteiger charge is -2.24. The molecule has 1 unspecified atom stereocenters. The van der Waals surface area contributed by atoms with Crippen molar-refractivity contribution < 1.29 is 18.3 Å². The maximum Gasteiger partial charge on any atom is 0.324 e. The van der Waals surface area contributed by atoms with Gasteiger partial charge in [-0.25, -0.2) is 8.42 Å². The molecule has 2 N–H and O–H groups in total. The van der Waals surface area contributed by atoms with Gasteiger partial charge in [-0.2, -0.15) is 4.72 Å². The first-order chi connectivity index (χ1) is 6.79. The summed E-state index contributed by atoms with van der Waals surface area (Å²) in [7, 11) is -3.46. The highest BCUT2D eigenvalue weighted by Gasteiger charge is 2.37. The number of rotatable bonds is 6. The highest BCUT2D eigenvalue weighted by molar-refractivity contribution is 7.89. The maximum absolute atomic E-state index is 11.6. The Bertz CT molecular complexity index is 347. The largest absolute Gasteiger partial charge is 0.480 e. The van der Waals surface area contributed by atoms with E-state index in [1.54, 1.807) is 6.92 Å². The predicted molar refractivity (Wildman–Crippen MR) is 56.0 cm³/mol. The van der Waals surface area contributed by atoms with E-state index in [0.29, 0.717) is 0 Å². The normalized spacial score (nSPS) is 20.9. The van der Waals surface area contributed by atoms with Gasteiger partial charge in [-0.15, -0.1) is 0 Å². The number of sulfonamides is 1. The highest BCUT2D eigenvalue weighted by atomic mass is 32.2. The molecule has 0 radical (unpaired) electrons. The molecule has 1 aliphatic rings. The Kier molecular flexibility index (Phi) is 3.40. The highest BCUT2D eigenvalue weighted by Crippen LogP contribution is 2.30. The first kappa shape index (κ1) is 12.4. The second kappa shape index (κ2) is 4.09. The van der Waals surface area contributed by atoms with Crippen LogP contribution in [0.2, 0.25) is 0 Å². The molecule has 0 bridgehead atoms. The van der Waals surface area contributed by atoms with Gasteiger partial charge >= 0.3 is 5.97 Å². The standard InChI is InChI=1S/C9H17NO4S/c1-3-9(2,8(11)12)10-15(13,14)6-7-4-5-7/h7,10H,3-6H2,1-2H3,(H,11,12). The van der Waals surface area contributed by atoms with Gasteiger partial charge in [-0.1, -0.05) is 6.92 Å². The van der Waals surface area contributed by atoms with E-state index in [1.807, 2.05) is 0 Å². The minimum absolute atomic E-state index is 0.0515. The lowest BCUT2D eigenvalue weighted by Crippen LogP contribution is -2.52. The lowest BCUT2D eigenvalue weighted by atomic mass is 10.0. The molecule has 0 aliphatic heterocycles. The van der Waals surface area contributed by atoms with E-state index < -0.39 is 21.5 Å². The number of carboxylic acids is 1. The van der Waals surface area contributed by atoms with Crippen molar-refractivity contribution in [2.24, 2.45) is 5.92 Å². The minimum atomic E-state index is -3.46. The summed E-state index contributed by atoms with van der Waals surface area (Å²) in [6.07, 6.45) is 2.08. The smallest absolute Gasteiger partial charge is 0.324 e. The van der Waals surface area contributed by atoms with Gasteiger partial charge in [-0.05, 0) is 32.1 Å². The summed E-state index contributed by atoms with van der Waals surface area (Å²) in [5.41, 5.74) is -1.38. The molecule has 1 saturated carbocycles. The fraction of sp³-hybridized carbons (Fsp3) is 0.889. The number of carboxylic acid groups (broad SMARTS) is 1. The van der Waals surface area contributed by atoms with E-state index in [0.717, 1.165) is 12.8 Å². The van der Waals surface area contributed by atoms with Gasteiger partial charge in [0.05, 0.1) is 5.75 Å². The van der Waals surface area contributed by atoms with Gasteiger partial charge in [0.25, 0.3) is 0 Å². The minimum Gasteiger partial charge on any atom is -0.480 e. The van der Waals surface area contributed by atoms with Crippen LogP contribution in [0.5, 0.6) is 0 Å². The molecule has 1 rings (SSSR count). The summed E-state index contributed by atoms with van der Waals surface area (Å²) in [5, 5.41) is 8.92. The molecule has 1 fully saturated rings. The molecule has 0 saturated heterocycles. The van der Waals surface area contributed by atoms with Gasteiger partial charge in [0, 0.05) is 0 Å². The Morgan fingerprint density at radius 2 is 2.07 bits per heavy atom. The lowest BCUT2D eigenvalue weighted by molar-refractivity contribution is -0.143. The number of hydrogen-bond acceptors (Lipinski definition) is 3. The number of aliphatic carboxylic acids is 1. The Balaban J connectivity index is 2.68. The van der Waals surface area contributed by atoms with Gasteiger partial charge in [0.1, 0.15) is 5.54 Å². The van der Waals surface area contributed by atoms with Crippen LogP contribution in [0.15, 0.2) is 0 Å². The van der Waals surface area contributed by atoms with E-state index in [1.165, 1.54) is 6.92 Å². The Morgan fingerprint density at radius 3 is 2.40 bits per heavy atom. The van der Waals surface area contributed by atoms with Crippen molar-refractivity contribution in [3.05, 3.63) is 0 Å². The van der Waals surface area contributed by atoms with Crippen molar-refractivity contribution in [3.8, 4) is 0 Å². The van der Waals surface area contributed by atoms with Crippen LogP contribution in [0.1, 0.15) is 33.1 Å². The average Bonchev–Trinajstić information content (AvgIpc) is 2.86. The average molecular weight is 235 g/mol. The predicted octanol–water partition coefficient (Wildman–Crippen LogP) is 0.569. The molecule has 0 spiro atoms. The molecular weight excluding hydrogens is 218 g/mol. The van der Waals surface area contributed by atoms with Crippen molar-refractivity contribution in [1.29, 1.82) is 0 Å². The molecule has 0 heterocycles. The van der Waals surface area contributed by atoms with Crippen LogP contribution in [-0.2, 0) is 14.8 Å². The van der Waals surface area contributed by atoms with E-state index >= 15 is 0 Å². The quantitative estimate of drug-likeness (QED) is 0.705. The zero-order chi connectivity index (χ0) is 11.7. The summed E-state index contributed by atoms with van der Waals surface area (Å²) < 4.78 is 25.4. The van der Waals surface area contributed by atoms with E-state index in [-0.39, 0.29) is 18.1 Å². The zero-order valence-corrected chi connectivity index (χ0v) is 9.80. The van der Waals surface area contributed by atoms with Crippen molar-refractivity contribution in [2.45, 2.75) is 38.6 Å². The van der Waals surface area contributed by atoms with E-state index in [2.05, 4.69) is 4.72 Å². The molecule has 1 aliphatic carbocycles. The Morgan fingerprint density at radius 1 is 1.53 bits per heavy atom. The molecule has 0 aromatic carbocycles. The van der Waals surface area contributed by atoms with Crippen LogP contribution in [0.4, 0.5) is 0 Å². The first-order valence-corrected chi connectivity index (χ1v) is 6.69. The van der Waals surface area contributed by atoms with Crippen LogP contribution in [-0.4, -0.2) is 30.8 Å². The molecule has 88 valence electrons. The SMILES string of the molecule is CCC(C)(NS(=O)(=O)CC1CC1)C(=O)O. The monoisotopic (exact) mass is 235 g/mol. The first-order valence-electron chi connectivity index (χ1n) is 5.04. The van der Waals surface area contributed by atoms with Crippen LogP contribution in [0.3, 0.4) is 0 Å². The van der Waals surface area contributed by atoms with Crippen LogP contribution >= 0.6 is 0 Å². The van der Waals surface area contributed by atoms with Crippen molar-refractivity contribution in [3.63, 3.8) is 0 Å². The number of carbonyl (C=O) groups is 1. The van der Waals surface area contributed by atoms with Gasteiger partial charge in [0.2, 0.25) is 10.0 Å². The summed E-state index contributed by atoms with van der Waals surface area (Å²) in [6, 6.07) is 0. The Hall–Kier alpha value is -0.620. The van der Waals surface area contributed by atoms with Crippen LogP contribution in [0.25, 0.3) is 0 Å². The zero-order valence-electron chi connectivity index (χ0n) is 8.99. The third-order valence-corrected chi connectivity index (χ3v) is 4.38. The second-order valence-electron chi connectivity index (χ2n) is 4.32. The van der Waals surface area contributed by atoms with Crippen molar-refractivity contribution in [1.82, 2.24) is 4.72 Å². The fourth-order valence-corrected chi connectivity index (χ4v) is 3.20. The number of hydrogen-bond donors (Lipinski definition) is 2. The van der Waals surface area contributed by atoms with Gasteiger partial charge < -0.3 is 5.11 Å². The summed E-state index contributed by atoms with van der Waals surface area (Å²) in [5.74, 6) is -0.864. The number of nitrogens with one attached hydrogen (secondary N) is 1. The topological polar surface area (TPSA) is 83.5 Å². The summed E-state index contributed by atoms with van der Waals surface area (Å²) in [4.78, 5) is 10.9.